The third-order valence-corrected chi connectivity index (χ3v) is 10.2. The van der Waals surface area contributed by atoms with Crippen LogP contribution in [0.3, 0.4) is 0 Å². The van der Waals surface area contributed by atoms with Crippen molar-refractivity contribution >= 4 is 14.3 Å². The van der Waals surface area contributed by atoms with Crippen LogP contribution >= 0.6 is 0 Å². The lowest BCUT2D eigenvalue weighted by molar-refractivity contribution is -0.154. The molecule has 0 bridgehead atoms. The predicted molar refractivity (Wildman–Crippen MR) is 134 cm³/mol. The summed E-state index contributed by atoms with van der Waals surface area (Å²) in [7, 11) is -1.97. The highest BCUT2D eigenvalue weighted by molar-refractivity contribution is 6.74. The first-order valence-electron chi connectivity index (χ1n) is 11.4. The fourth-order valence-electron chi connectivity index (χ4n) is 2.69. The van der Waals surface area contributed by atoms with Gasteiger partial charge in [-0.1, -0.05) is 87.5 Å². The number of hydrogen-bond donors (Lipinski definition) is 0. The van der Waals surface area contributed by atoms with Gasteiger partial charge >= 0.3 is 5.97 Å². The van der Waals surface area contributed by atoms with E-state index < -0.39 is 20.4 Å². The number of carbonyl (C=O) groups excluding carboxylic acids is 1. The van der Waals surface area contributed by atoms with Crippen molar-refractivity contribution in [1.29, 1.82) is 0 Å². The first-order valence-corrected chi connectivity index (χ1v) is 14.3. The van der Waals surface area contributed by atoms with Crippen LogP contribution in [0.15, 0.2) is 72.8 Å². The van der Waals surface area contributed by atoms with Crippen molar-refractivity contribution in [2.75, 3.05) is 19.8 Å². The monoisotopic (exact) mass is 470 g/mol. The molecule has 2 rings (SSSR count). The second-order valence-electron chi connectivity index (χ2n) is 9.51. The molecular formula is C27H38O5Si. The van der Waals surface area contributed by atoms with Gasteiger partial charge in [-0.3, -0.25) is 0 Å². The summed E-state index contributed by atoms with van der Waals surface area (Å²) in [5, 5.41) is 0.0723. The molecule has 0 aliphatic rings. The number of benzene rings is 2. The van der Waals surface area contributed by atoms with Crippen LogP contribution in [0, 0.1) is 0 Å². The molecule has 0 saturated carbocycles. The topological polar surface area (TPSA) is 54.0 Å². The molecule has 0 fully saturated rings. The zero-order chi connectivity index (χ0) is 24.2. The average molecular weight is 471 g/mol. The summed E-state index contributed by atoms with van der Waals surface area (Å²) < 4.78 is 23.2. The standard InChI is InChI=1S/C27H38O5Si/c1-27(2,3)33(4,5)31-21-25(17-12-18-29-19-23-13-8-6-9-14-23)32-26(28)22-30-20-24-15-10-7-11-16-24/h6-17,25H,18-22H2,1-5H3/b17-12+. The Kier molecular flexibility index (Phi) is 11.0. The molecular weight excluding hydrogens is 432 g/mol. The Hall–Kier alpha value is -2.25. The number of esters is 1. The normalized spacial score (nSPS) is 13.2. The fourth-order valence-corrected chi connectivity index (χ4v) is 3.71. The maximum absolute atomic E-state index is 12.4. The van der Waals surface area contributed by atoms with Crippen molar-refractivity contribution < 1.29 is 23.4 Å². The lowest BCUT2D eigenvalue weighted by Gasteiger charge is -2.36. The average Bonchev–Trinajstić information content (AvgIpc) is 2.78. The first-order chi connectivity index (χ1) is 15.7. The van der Waals surface area contributed by atoms with E-state index in [-0.39, 0.29) is 11.6 Å². The molecule has 0 saturated heterocycles. The summed E-state index contributed by atoms with van der Waals surface area (Å²) in [4.78, 5) is 12.4. The van der Waals surface area contributed by atoms with Crippen LogP contribution in [0.1, 0.15) is 31.9 Å². The van der Waals surface area contributed by atoms with Crippen LogP contribution in [-0.2, 0) is 36.6 Å². The summed E-state index contributed by atoms with van der Waals surface area (Å²) in [5.74, 6) is -0.412. The van der Waals surface area contributed by atoms with Crippen molar-refractivity contribution in [1.82, 2.24) is 0 Å². The molecule has 5 nitrogen and oxygen atoms in total. The second kappa shape index (κ2) is 13.5. The molecule has 0 N–H and O–H groups in total. The minimum atomic E-state index is -1.97. The van der Waals surface area contributed by atoms with E-state index in [1.807, 2.05) is 72.8 Å². The smallest absolute Gasteiger partial charge is 0.332 e. The Bertz CT molecular complexity index is 844. The molecule has 0 aliphatic heterocycles. The maximum atomic E-state index is 12.4. The highest BCUT2D eigenvalue weighted by atomic mass is 28.4. The van der Waals surface area contributed by atoms with Gasteiger partial charge in [0.15, 0.2) is 8.32 Å². The molecule has 0 aromatic heterocycles. The minimum Gasteiger partial charge on any atom is -0.454 e. The largest absolute Gasteiger partial charge is 0.454 e. The van der Waals surface area contributed by atoms with E-state index in [2.05, 4.69) is 33.9 Å². The van der Waals surface area contributed by atoms with E-state index in [4.69, 9.17) is 18.6 Å². The fraction of sp³-hybridized carbons (Fsp3) is 0.444. The van der Waals surface area contributed by atoms with E-state index in [1.165, 1.54) is 0 Å². The number of rotatable bonds is 13. The lowest BCUT2D eigenvalue weighted by atomic mass is 10.2. The number of carbonyl (C=O) groups is 1. The molecule has 0 aliphatic carbocycles. The van der Waals surface area contributed by atoms with Gasteiger partial charge in [0.25, 0.3) is 0 Å². The van der Waals surface area contributed by atoms with Gasteiger partial charge in [0.05, 0.1) is 26.4 Å². The quantitative estimate of drug-likeness (QED) is 0.158. The van der Waals surface area contributed by atoms with Gasteiger partial charge in [-0.25, -0.2) is 4.79 Å². The van der Waals surface area contributed by atoms with Crippen LogP contribution in [0.5, 0.6) is 0 Å². The first kappa shape index (κ1) is 27.0. The SMILES string of the molecule is CC(C)(C)[Si](C)(C)OCC(/C=C/COCc1ccccc1)OC(=O)COCc1ccccc1. The molecule has 0 spiro atoms. The van der Waals surface area contributed by atoms with Gasteiger partial charge in [-0.15, -0.1) is 0 Å². The van der Waals surface area contributed by atoms with Crippen molar-refractivity contribution in [2.24, 2.45) is 0 Å². The van der Waals surface area contributed by atoms with Crippen LogP contribution in [0.4, 0.5) is 0 Å². The molecule has 0 amide bonds. The molecule has 0 radical (unpaired) electrons. The summed E-state index contributed by atoms with van der Waals surface area (Å²) in [6.45, 7) is 12.4. The van der Waals surface area contributed by atoms with E-state index in [0.29, 0.717) is 26.4 Å². The van der Waals surface area contributed by atoms with E-state index in [9.17, 15) is 4.79 Å². The highest BCUT2D eigenvalue weighted by Crippen LogP contribution is 2.36. The highest BCUT2D eigenvalue weighted by Gasteiger charge is 2.37. The molecule has 2 aromatic rings. The minimum absolute atomic E-state index is 0.0723. The Balaban J connectivity index is 1.86. The van der Waals surface area contributed by atoms with E-state index in [1.54, 1.807) is 0 Å². The molecule has 0 heterocycles. The van der Waals surface area contributed by atoms with Crippen LogP contribution in [-0.4, -0.2) is 40.2 Å². The number of ether oxygens (including phenoxy) is 3. The second-order valence-corrected chi connectivity index (χ2v) is 14.3. The van der Waals surface area contributed by atoms with Gasteiger partial charge in [0.2, 0.25) is 0 Å². The molecule has 33 heavy (non-hydrogen) atoms. The zero-order valence-electron chi connectivity index (χ0n) is 20.6. The third kappa shape index (κ3) is 10.5. The molecule has 1 unspecified atom stereocenters. The van der Waals surface area contributed by atoms with Crippen molar-refractivity contribution in [3.63, 3.8) is 0 Å². The van der Waals surface area contributed by atoms with Gasteiger partial charge in [-0.05, 0) is 35.3 Å². The van der Waals surface area contributed by atoms with Gasteiger partial charge < -0.3 is 18.6 Å². The molecule has 180 valence electrons. The summed E-state index contributed by atoms with van der Waals surface area (Å²) in [6.07, 6.45) is 3.22. The molecule has 6 heteroatoms. The van der Waals surface area contributed by atoms with Crippen molar-refractivity contribution in [3.05, 3.63) is 83.9 Å². The Labute approximate surface area is 199 Å². The Morgan fingerprint density at radius 2 is 1.45 bits per heavy atom. The summed E-state index contributed by atoms with van der Waals surface area (Å²) in [5.41, 5.74) is 2.13. The summed E-state index contributed by atoms with van der Waals surface area (Å²) in [6, 6.07) is 19.7. The summed E-state index contributed by atoms with van der Waals surface area (Å²) >= 11 is 0. The Morgan fingerprint density at radius 1 is 0.909 bits per heavy atom. The third-order valence-electron chi connectivity index (χ3n) is 5.71. The molecule has 1 atom stereocenters. The maximum Gasteiger partial charge on any atom is 0.332 e. The Morgan fingerprint density at radius 3 is 2.00 bits per heavy atom. The van der Waals surface area contributed by atoms with E-state index in [0.717, 1.165) is 11.1 Å². The molecule has 2 aromatic carbocycles. The zero-order valence-corrected chi connectivity index (χ0v) is 21.6. The van der Waals surface area contributed by atoms with Crippen LogP contribution in [0.25, 0.3) is 0 Å². The van der Waals surface area contributed by atoms with Crippen LogP contribution in [0.2, 0.25) is 18.1 Å². The van der Waals surface area contributed by atoms with Gasteiger partial charge in [0.1, 0.15) is 12.7 Å². The van der Waals surface area contributed by atoms with E-state index >= 15 is 0 Å². The van der Waals surface area contributed by atoms with Crippen molar-refractivity contribution in [2.45, 2.75) is 58.2 Å². The van der Waals surface area contributed by atoms with Crippen LogP contribution < -0.4 is 0 Å². The van der Waals surface area contributed by atoms with Crippen molar-refractivity contribution in [3.8, 4) is 0 Å². The van der Waals surface area contributed by atoms with Gasteiger partial charge in [-0.2, -0.15) is 0 Å². The number of hydrogen-bond acceptors (Lipinski definition) is 5. The predicted octanol–water partition coefficient (Wildman–Crippen LogP) is 5.91. The van der Waals surface area contributed by atoms with Gasteiger partial charge in [0, 0.05) is 0 Å². The lowest BCUT2D eigenvalue weighted by Crippen LogP contribution is -2.43.